The fourth-order valence-corrected chi connectivity index (χ4v) is 5.88. The number of benzene rings is 3. The molecule has 1 aromatic heterocycles. The van der Waals surface area contributed by atoms with Crippen LogP contribution in [0, 0.1) is 0 Å². The van der Waals surface area contributed by atoms with E-state index in [9.17, 15) is 13.2 Å². The molecular weight excluding hydrogens is 510 g/mol. The number of thiazole rings is 1. The lowest BCUT2D eigenvalue weighted by Gasteiger charge is -2.09. The van der Waals surface area contributed by atoms with Gasteiger partial charge >= 0.3 is 0 Å². The highest BCUT2D eigenvalue weighted by atomic mass is 35.5. The van der Waals surface area contributed by atoms with Crippen LogP contribution in [0.1, 0.15) is 17.3 Å². The average Bonchev–Trinajstić information content (AvgIpc) is 3.22. The van der Waals surface area contributed by atoms with E-state index in [0.717, 1.165) is 10.2 Å². The van der Waals surface area contributed by atoms with Crippen LogP contribution < -0.4 is 19.0 Å². The molecule has 0 saturated carbocycles. The number of sulfonamides is 1. The highest BCUT2D eigenvalue weighted by molar-refractivity contribution is 7.92. The van der Waals surface area contributed by atoms with Crippen molar-refractivity contribution in [2.45, 2.75) is 18.4 Å². The Balaban J connectivity index is 1.64. The number of halogens is 1. The maximum atomic E-state index is 12.9. The number of hydrogen-bond donors (Lipinski definition) is 1. The molecule has 0 radical (unpaired) electrons. The summed E-state index contributed by atoms with van der Waals surface area (Å²) in [6.07, 6.45) is 0. The van der Waals surface area contributed by atoms with Gasteiger partial charge in [0.05, 0.1) is 19.1 Å². The minimum absolute atomic E-state index is 0.0804. The predicted molar refractivity (Wildman–Crippen MR) is 137 cm³/mol. The molecule has 0 aliphatic rings. The smallest absolute Gasteiger partial charge is 0.279 e. The Hall–Kier alpha value is -3.34. The number of anilines is 1. The summed E-state index contributed by atoms with van der Waals surface area (Å²) < 4.78 is 41.3. The number of methoxy groups -OCH3 is 2. The first-order valence-electron chi connectivity index (χ1n) is 10.5. The van der Waals surface area contributed by atoms with Crippen molar-refractivity contribution in [3.8, 4) is 11.5 Å². The third kappa shape index (κ3) is 5.04. The van der Waals surface area contributed by atoms with Crippen LogP contribution in [0.3, 0.4) is 0 Å². The molecule has 4 rings (SSSR count). The van der Waals surface area contributed by atoms with Crippen LogP contribution in [0.2, 0.25) is 5.02 Å². The Morgan fingerprint density at radius 1 is 1.00 bits per heavy atom. The lowest BCUT2D eigenvalue weighted by atomic mass is 10.2. The number of amides is 1. The molecule has 1 heterocycles. The molecule has 0 saturated heterocycles. The summed E-state index contributed by atoms with van der Waals surface area (Å²) in [5, 5.41) is 0.440. The van der Waals surface area contributed by atoms with E-state index in [0.29, 0.717) is 39.1 Å². The Kier molecular flexibility index (Phi) is 7.15. The first kappa shape index (κ1) is 24.8. The van der Waals surface area contributed by atoms with E-state index in [1.165, 1.54) is 59.9 Å². The van der Waals surface area contributed by atoms with Crippen LogP contribution in [0.5, 0.6) is 11.5 Å². The van der Waals surface area contributed by atoms with Crippen molar-refractivity contribution in [1.82, 2.24) is 4.57 Å². The SMILES string of the molecule is CCn1c(=NC(=O)c2ccc(NS(=O)(=O)c3ccc(Cl)cc3)cc2)sc2c(OC)ccc(OC)c21. The fraction of sp³-hybridized carbons (Fsp3) is 0.167. The molecule has 0 aliphatic carbocycles. The van der Waals surface area contributed by atoms with Gasteiger partial charge in [-0.05, 0) is 67.6 Å². The molecule has 1 amide bonds. The van der Waals surface area contributed by atoms with Crippen LogP contribution in [0.15, 0.2) is 70.6 Å². The quantitative estimate of drug-likeness (QED) is 0.364. The number of carbonyl (C=O) groups excluding carboxylic acids is 1. The zero-order valence-electron chi connectivity index (χ0n) is 19.1. The number of aromatic nitrogens is 1. The number of nitrogens with one attached hydrogen (secondary N) is 1. The van der Waals surface area contributed by atoms with E-state index in [2.05, 4.69) is 9.71 Å². The molecular formula is C24H22ClN3O5S2. The van der Waals surface area contributed by atoms with Crippen LogP contribution in [0.4, 0.5) is 5.69 Å². The van der Waals surface area contributed by atoms with E-state index >= 15 is 0 Å². The van der Waals surface area contributed by atoms with Crippen molar-refractivity contribution in [2.24, 2.45) is 4.99 Å². The Morgan fingerprint density at radius 2 is 1.63 bits per heavy atom. The molecule has 0 spiro atoms. The average molecular weight is 532 g/mol. The minimum atomic E-state index is -3.79. The van der Waals surface area contributed by atoms with E-state index in [1.54, 1.807) is 14.2 Å². The minimum Gasteiger partial charge on any atom is -0.495 e. The molecule has 0 bridgehead atoms. The Morgan fingerprint density at radius 3 is 2.23 bits per heavy atom. The van der Waals surface area contributed by atoms with Gasteiger partial charge in [-0.15, -0.1) is 0 Å². The molecule has 35 heavy (non-hydrogen) atoms. The molecule has 0 atom stereocenters. The lowest BCUT2D eigenvalue weighted by Crippen LogP contribution is -2.16. The van der Waals surface area contributed by atoms with E-state index in [1.807, 2.05) is 23.6 Å². The molecule has 0 aliphatic heterocycles. The van der Waals surface area contributed by atoms with Gasteiger partial charge in [-0.1, -0.05) is 22.9 Å². The highest BCUT2D eigenvalue weighted by Crippen LogP contribution is 2.35. The molecule has 11 heteroatoms. The summed E-state index contributed by atoms with van der Waals surface area (Å²) in [5.41, 5.74) is 1.44. The summed E-state index contributed by atoms with van der Waals surface area (Å²) in [7, 11) is -0.619. The van der Waals surface area contributed by atoms with Gasteiger partial charge < -0.3 is 14.0 Å². The zero-order valence-corrected chi connectivity index (χ0v) is 21.5. The summed E-state index contributed by atoms with van der Waals surface area (Å²) in [6, 6.07) is 15.5. The largest absolute Gasteiger partial charge is 0.495 e. The number of aryl methyl sites for hydroxylation is 1. The predicted octanol–water partition coefficient (Wildman–Crippen LogP) is 4.94. The molecule has 4 aromatic rings. The molecule has 0 unspecified atom stereocenters. The molecule has 8 nitrogen and oxygen atoms in total. The molecule has 0 fully saturated rings. The molecule has 182 valence electrons. The molecule has 3 aromatic carbocycles. The van der Waals surface area contributed by atoms with Crippen molar-refractivity contribution in [3.05, 3.63) is 76.1 Å². The van der Waals surface area contributed by atoms with Gasteiger partial charge in [-0.2, -0.15) is 4.99 Å². The summed E-state index contributed by atoms with van der Waals surface area (Å²) in [6.45, 7) is 2.53. The first-order chi connectivity index (χ1) is 16.8. The number of rotatable bonds is 7. The monoisotopic (exact) mass is 531 g/mol. The van der Waals surface area contributed by atoms with Gasteiger partial charge in [0, 0.05) is 22.8 Å². The van der Waals surface area contributed by atoms with E-state index < -0.39 is 15.9 Å². The second-order valence-electron chi connectivity index (χ2n) is 7.33. The Bertz CT molecular complexity index is 1560. The van der Waals surface area contributed by atoms with Gasteiger partial charge in [0.25, 0.3) is 15.9 Å². The van der Waals surface area contributed by atoms with Gasteiger partial charge in [0.2, 0.25) is 0 Å². The van der Waals surface area contributed by atoms with Crippen molar-refractivity contribution >= 4 is 54.8 Å². The topological polar surface area (TPSA) is 99.0 Å². The maximum absolute atomic E-state index is 12.9. The summed E-state index contributed by atoms with van der Waals surface area (Å²) in [5.74, 6) is 0.869. The van der Waals surface area contributed by atoms with Gasteiger partial charge in [0.1, 0.15) is 21.7 Å². The summed E-state index contributed by atoms with van der Waals surface area (Å²) >= 11 is 7.16. The third-order valence-electron chi connectivity index (χ3n) is 5.21. The van der Waals surface area contributed by atoms with Crippen LogP contribution in [-0.2, 0) is 16.6 Å². The van der Waals surface area contributed by atoms with Crippen molar-refractivity contribution in [3.63, 3.8) is 0 Å². The van der Waals surface area contributed by atoms with Crippen molar-refractivity contribution in [1.29, 1.82) is 0 Å². The zero-order chi connectivity index (χ0) is 25.2. The van der Waals surface area contributed by atoms with Crippen LogP contribution in [0.25, 0.3) is 10.2 Å². The van der Waals surface area contributed by atoms with Crippen LogP contribution >= 0.6 is 22.9 Å². The van der Waals surface area contributed by atoms with Gasteiger partial charge in [0.15, 0.2) is 4.80 Å². The number of ether oxygens (including phenoxy) is 2. The molecule has 1 N–H and O–H groups in total. The second-order valence-corrected chi connectivity index (χ2v) is 10.4. The number of hydrogen-bond acceptors (Lipinski definition) is 6. The normalized spacial score (nSPS) is 12.1. The Labute approximate surface area is 211 Å². The van der Waals surface area contributed by atoms with E-state index in [4.69, 9.17) is 21.1 Å². The maximum Gasteiger partial charge on any atom is 0.279 e. The van der Waals surface area contributed by atoms with E-state index in [-0.39, 0.29) is 4.90 Å². The number of fused-ring (bicyclic) bond motifs is 1. The summed E-state index contributed by atoms with van der Waals surface area (Å²) in [4.78, 5) is 17.8. The first-order valence-corrected chi connectivity index (χ1v) is 13.2. The van der Waals surface area contributed by atoms with Crippen LogP contribution in [-0.4, -0.2) is 33.1 Å². The van der Waals surface area contributed by atoms with Crippen molar-refractivity contribution in [2.75, 3.05) is 18.9 Å². The number of nitrogens with zero attached hydrogens (tertiary/aromatic N) is 2. The second kappa shape index (κ2) is 10.1. The van der Waals surface area contributed by atoms with Gasteiger partial charge in [-0.25, -0.2) is 8.42 Å². The lowest BCUT2D eigenvalue weighted by molar-refractivity contribution is 0.0998. The standard InChI is InChI=1S/C24H22ClN3O5S2/c1-4-28-21-19(32-2)13-14-20(33-3)22(21)34-24(28)26-23(29)15-5-9-17(10-6-15)27-35(30,31)18-11-7-16(25)8-12-18/h5-14,27H,4H2,1-3H3. The highest BCUT2D eigenvalue weighted by Gasteiger charge is 2.17. The van der Waals surface area contributed by atoms with Crippen molar-refractivity contribution < 1.29 is 22.7 Å². The third-order valence-corrected chi connectivity index (χ3v) is 7.96. The fourth-order valence-electron chi connectivity index (χ4n) is 3.49. The number of carbonyl (C=O) groups is 1. The van der Waals surface area contributed by atoms with Gasteiger partial charge in [-0.3, -0.25) is 9.52 Å².